The summed E-state index contributed by atoms with van der Waals surface area (Å²) in [6.45, 7) is 0.217. The third-order valence-corrected chi connectivity index (χ3v) is 4.05. The normalized spacial score (nSPS) is 10.3. The van der Waals surface area contributed by atoms with Crippen LogP contribution >= 0.6 is 35.8 Å². The lowest BCUT2D eigenvalue weighted by atomic mass is 10.3. The van der Waals surface area contributed by atoms with Crippen molar-refractivity contribution in [2.75, 3.05) is 18.5 Å². The molecule has 18 heavy (non-hydrogen) atoms. The van der Waals surface area contributed by atoms with Crippen molar-refractivity contribution in [1.82, 2.24) is 10.3 Å². The van der Waals surface area contributed by atoms with Gasteiger partial charge in [0, 0.05) is 12.7 Å². The lowest BCUT2D eigenvalue weighted by Gasteiger charge is -2.20. The van der Waals surface area contributed by atoms with Gasteiger partial charge < -0.3 is 20.0 Å². The number of carbonyl (C=O) groups excluding carboxylic acids is 1. The van der Waals surface area contributed by atoms with E-state index < -0.39 is 0 Å². The number of carbonyl (C=O) groups is 1. The molecular formula is C11H11N3OS3. The summed E-state index contributed by atoms with van der Waals surface area (Å²) in [6.07, 6.45) is 0.779. The van der Waals surface area contributed by atoms with E-state index in [2.05, 4.69) is 10.3 Å². The maximum atomic E-state index is 10.3. The predicted molar refractivity (Wildman–Crippen MR) is 82.1 cm³/mol. The van der Waals surface area contributed by atoms with E-state index in [-0.39, 0.29) is 6.54 Å². The Labute approximate surface area is 119 Å². The quantitative estimate of drug-likeness (QED) is 0.673. The Hall–Kier alpha value is -1.31. The minimum atomic E-state index is 0.217. The molecule has 1 aromatic heterocycles. The summed E-state index contributed by atoms with van der Waals surface area (Å²) in [5.41, 5.74) is 1.98. The number of aldehydes is 1. The maximum Gasteiger partial charge on any atom is 0.173 e. The van der Waals surface area contributed by atoms with Crippen LogP contribution in [0, 0.1) is 3.95 Å². The standard InChI is InChI=1S/C11H11N3OS3/c1-14(10(16)12-4-5-15)7-2-3-8-9(6-7)18-11(17)13-8/h2-3,5-6H,4H2,1H3,(H,12,16)(H,13,17). The minimum Gasteiger partial charge on any atom is -0.356 e. The number of H-pyrrole nitrogens is 1. The Balaban J connectivity index is 2.26. The second-order valence-electron chi connectivity index (χ2n) is 3.61. The van der Waals surface area contributed by atoms with Crippen LogP contribution in [-0.4, -0.2) is 30.0 Å². The van der Waals surface area contributed by atoms with Crippen molar-refractivity contribution < 1.29 is 4.79 Å². The number of thiazole rings is 1. The summed E-state index contributed by atoms with van der Waals surface area (Å²) in [7, 11) is 1.85. The SMILES string of the molecule is CN(C(=S)NCC=O)c1ccc2[nH]c(=S)sc2c1. The van der Waals surface area contributed by atoms with Gasteiger partial charge >= 0.3 is 0 Å². The molecule has 0 aliphatic carbocycles. The Bertz CT molecular complexity index is 646. The van der Waals surface area contributed by atoms with Gasteiger partial charge in [0.15, 0.2) is 9.07 Å². The first-order chi connectivity index (χ1) is 8.61. The van der Waals surface area contributed by atoms with Crippen LogP contribution in [0.25, 0.3) is 10.2 Å². The molecule has 1 heterocycles. The average Bonchev–Trinajstić information content (AvgIpc) is 2.73. The molecule has 0 amide bonds. The summed E-state index contributed by atoms with van der Waals surface area (Å²) in [5, 5.41) is 3.36. The Morgan fingerprint density at radius 2 is 2.39 bits per heavy atom. The second kappa shape index (κ2) is 5.55. The number of aromatic nitrogens is 1. The zero-order valence-electron chi connectivity index (χ0n) is 9.60. The molecule has 0 saturated heterocycles. The molecule has 0 atom stereocenters. The summed E-state index contributed by atoms with van der Waals surface area (Å²) >= 11 is 11.8. The van der Waals surface area contributed by atoms with E-state index in [1.165, 1.54) is 11.3 Å². The van der Waals surface area contributed by atoms with E-state index in [0.29, 0.717) is 5.11 Å². The molecule has 0 aliphatic rings. The fraction of sp³-hybridized carbons (Fsp3) is 0.182. The molecule has 0 unspecified atom stereocenters. The zero-order chi connectivity index (χ0) is 13.1. The molecule has 4 nitrogen and oxygen atoms in total. The zero-order valence-corrected chi connectivity index (χ0v) is 12.0. The first-order valence-electron chi connectivity index (χ1n) is 5.20. The largest absolute Gasteiger partial charge is 0.356 e. The highest BCUT2D eigenvalue weighted by molar-refractivity contribution is 7.80. The van der Waals surface area contributed by atoms with E-state index in [4.69, 9.17) is 24.4 Å². The van der Waals surface area contributed by atoms with Gasteiger partial charge in [0.25, 0.3) is 0 Å². The number of anilines is 1. The highest BCUT2D eigenvalue weighted by Crippen LogP contribution is 2.24. The summed E-state index contributed by atoms with van der Waals surface area (Å²) in [6, 6.07) is 5.94. The van der Waals surface area contributed by atoms with Crippen LogP contribution in [-0.2, 0) is 4.79 Å². The maximum absolute atomic E-state index is 10.3. The van der Waals surface area contributed by atoms with E-state index in [9.17, 15) is 4.79 Å². The van der Waals surface area contributed by atoms with E-state index in [1.807, 2.05) is 30.1 Å². The Morgan fingerprint density at radius 3 is 3.11 bits per heavy atom. The van der Waals surface area contributed by atoms with Crippen molar-refractivity contribution in [3.8, 4) is 0 Å². The minimum absolute atomic E-state index is 0.217. The van der Waals surface area contributed by atoms with Crippen LogP contribution in [0.15, 0.2) is 18.2 Å². The number of nitrogens with one attached hydrogen (secondary N) is 2. The fourth-order valence-corrected chi connectivity index (χ4v) is 2.84. The fourth-order valence-electron chi connectivity index (χ4n) is 1.51. The van der Waals surface area contributed by atoms with Crippen LogP contribution in [0.3, 0.4) is 0 Å². The van der Waals surface area contributed by atoms with Gasteiger partial charge in [-0.25, -0.2) is 0 Å². The third kappa shape index (κ3) is 2.74. The van der Waals surface area contributed by atoms with Crippen molar-refractivity contribution in [3.63, 3.8) is 0 Å². The number of nitrogens with zero attached hydrogens (tertiary/aromatic N) is 1. The van der Waals surface area contributed by atoms with Crippen LogP contribution < -0.4 is 10.2 Å². The number of aromatic amines is 1. The number of benzene rings is 1. The van der Waals surface area contributed by atoms with Crippen molar-refractivity contribution in [1.29, 1.82) is 0 Å². The van der Waals surface area contributed by atoms with Gasteiger partial charge in [-0.1, -0.05) is 0 Å². The number of thiocarbonyl (C=S) groups is 1. The number of hydrogen-bond acceptors (Lipinski definition) is 4. The third-order valence-electron chi connectivity index (χ3n) is 2.43. The average molecular weight is 297 g/mol. The molecule has 0 spiro atoms. The van der Waals surface area contributed by atoms with Crippen LogP contribution in [0.5, 0.6) is 0 Å². The predicted octanol–water partition coefficient (Wildman–Crippen LogP) is 2.47. The molecule has 0 fully saturated rings. The van der Waals surface area contributed by atoms with Crippen molar-refractivity contribution >= 4 is 63.1 Å². The van der Waals surface area contributed by atoms with Gasteiger partial charge in [-0.2, -0.15) is 0 Å². The van der Waals surface area contributed by atoms with E-state index in [0.717, 1.165) is 26.1 Å². The summed E-state index contributed by atoms with van der Waals surface area (Å²) < 4.78 is 1.84. The van der Waals surface area contributed by atoms with Crippen molar-refractivity contribution in [2.24, 2.45) is 0 Å². The number of hydrogen-bond donors (Lipinski definition) is 2. The van der Waals surface area contributed by atoms with Crippen LogP contribution in [0.4, 0.5) is 5.69 Å². The van der Waals surface area contributed by atoms with Gasteiger partial charge in [-0.15, -0.1) is 11.3 Å². The van der Waals surface area contributed by atoms with Gasteiger partial charge in [0.2, 0.25) is 0 Å². The van der Waals surface area contributed by atoms with Gasteiger partial charge in [0.1, 0.15) is 6.29 Å². The van der Waals surface area contributed by atoms with Crippen LogP contribution in [0.1, 0.15) is 0 Å². The number of fused-ring (bicyclic) bond motifs is 1. The van der Waals surface area contributed by atoms with E-state index >= 15 is 0 Å². The Morgan fingerprint density at radius 1 is 1.61 bits per heavy atom. The van der Waals surface area contributed by atoms with Gasteiger partial charge in [-0.3, -0.25) is 0 Å². The molecule has 0 aliphatic heterocycles. The molecular weight excluding hydrogens is 286 g/mol. The lowest BCUT2D eigenvalue weighted by Crippen LogP contribution is -2.37. The monoisotopic (exact) mass is 297 g/mol. The molecule has 2 aromatic rings. The summed E-state index contributed by atoms with van der Waals surface area (Å²) in [4.78, 5) is 15.2. The Kier molecular flexibility index (Phi) is 4.05. The van der Waals surface area contributed by atoms with Gasteiger partial charge in [0.05, 0.1) is 16.8 Å². The highest BCUT2D eigenvalue weighted by atomic mass is 32.1. The van der Waals surface area contributed by atoms with E-state index in [1.54, 1.807) is 0 Å². The molecule has 1 aromatic carbocycles. The molecule has 0 bridgehead atoms. The topological polar surface area (TPSA) is 48.1 Å². The first-order valence-corrected chi connectivity index (χ1v) is 6.83. The molecule has 7 heteroatoms. The molecule has 94 valence electrons. The van der Waals surface area contributed by atoms with Gasteiger partial charge in [-0.05, 0) is 42.6 Å². The molecule has 2 rings (SSSR count). The van der Waals surface area contributed by atoms with Crippen molar-refractivity contribution in [2.45, 2.75) is 0 Å². The lowest BCUT2D eigenvalue weighted by molar-refractivity contribution is -0.106. The van der Waals surface area contributed by atoms with Crippen LogP contribution in [0.2, 0.25) is 0 Å². The molecule has 0 saturated carbocycles. The number of rotatable bonds is 3. The molecule has 2 N–H and O–H groups in total. The second-order valence-corrected chi connectivity index (χ2v) is 5.71. The highest BCUT2D eigenvalue weighted by Gasteiger charge is 2.07. The molecule has 0 radical (unpaired) electrons. The van der Waals surface area contributed by atoms with Crippen molar-refractivity contribution in [3.05, 3.63) is 22.2 Å². The smallest absolute Gasteiger partial charge is 0.173 e. The summed E-state index contributed by atoms with van der Waals surface area (Å²) in [5.74, 6) is 0. The first kappa shape index (κ1) is 13.1.